The topological polar surface area (TPSA) is 46.5 Å². The Morgan fingerprint density at radius 3 is 2.38 bits per heavy atom. The van der Waals surface area contributed by atoms with E-state index in [1.165, 1.54) is 19.3 Å². The highest BCUT2D eigenvalue weighted by Crippen LogP contribution is 2.32. The summed E-state index contributed by atoms with van der Waals surface area (Å²) in [6, 6.07) is 7.18. The van der Waals surface area contributed by atoms with Crippen LogP contribution in [0.1, 0.15) is 55.8 Å². The number of carbonyl (C=O) groups is 1. The number of hydrogen-bond donors (Lipinski definition) is 1. The monoisotopic (exact) mass is 290 g/mol. The third kappa shape index (κ3) is 3.85. The smallest absolute Gasteiger partial charge is 0.168 e. The predicted octanol–water partition coefficient (Wildman–Crippen LogP) is 3.85. The van der Waals surface area contributed by atoms with Gasteiger partial charge in [-0.1, -0.05) is 26.2 Å². The second kappa shape index (κ2) is 7.60. The zero-order valence-corrected chi connectivity index (χ0v) is 13.0. The summed E-state index contributed by atoms with van der Waals surface area (Å²) < 4.78 is 5.12. The van der Waals surface area contributed by atoms with Gasteiger partial charge in [-0.15, -0.1) is 0 Å². The maximum atomic E-state index is 12.7. The summed E-state index contributed by atoms with van der Waals surface area (Å²) in [4.78, 5) is 12.7. The lowest BCUT2D eigenvalue weighted by Gasteiger charge is -2.31. The Hall–Kier alpha value is -1.35. The molecule has 1 aromatic rings. The van der Waals surface area contributed by atoms with E-state index in [0.29, 0.717) is 12.0 Å². The van der Waals surface area contributed by atoms with Gasteiger partial charge in [0.2, 0.25) is 0 Å². The maximum Gasteiger partial charge on any atom is 0.168 e. The van der Waals surface area contributed by atoms with Gasteiger partial charge < -0.3 is 9.84 Å². The average molecular weight is 290 g/mol. The minimum Gasteiger partial charge on any atom is -0.497 e. The van der Waals surface area contributed by atoms with E-state index in [9.17, 15) is 9.90 Å². The molecule has 2 atom stereocenters. The highest BCUT2D eigenvalue weighted by atomic mass is 16.5. The number of ketones is 1. The molecule has 0 aromatic heterocycles. The predicted molar refractivity (Wildman–Crippen MR) is 83.7 cm³/mol. The first kappa shape index (κ1) is 16.0. The third-order valence-electron chi connectivity index (χ3n) is 4.70. The Morgan fingerprint density at radius 1 is 1.24 bits per heavy atom. The number of methoxy groups -OCH3 is 1. The van der Waals surface area contributed by atoms with Crippen LogP contribution in [0.15, 0.2) is 24.3 Å². The van der Waals surface area contributed by atoms with Crippen LogP contribution in [-0.2, 0) is 0 Å². The zero-order valence-electron chi connectivity index (χ0n) is 13.0. The van der Waals surface area contributed by atoms with Crippen molar-refractivity contribution in [2.24, 2.45) is 11.8 Å². The summed E-state index contributed by atoms with van der Waals surface area (Å²) in [6.07, 6.45) is 5.88. The fourth-order valence-electron chi connectivity index (χ4n) is 3.36. The first-order valence-electron chi connectivity index (χ1n) is 8.03. The summed E-state index contributed by atoms with van der Waals surface area (Å²) in [7, 11) is 1.61. The van der Waals surface area contributed by atoms with Gasteiger partial charge in [0.1, 0.15) is 5.75 Å². The number of Topliss-reactive ketones (excluding diaryl/α,β-unsaturated/α-hetero) is 1. The van der Waals surface area contributed by atoms with E-state index in [1.807, 2.05) is 6.92 Å². The Morgan fingerprint density at radius 2 is 1.86 bits per heavy atom. The minimum atomic E-state index is -0.509. The maximum absolute atomic E-state index is 12.7. The second-order valence-corrected chi connectivity index (χ2v) is 6.00. The molecule has 1 saturated carbocycles. The van der Waals surface area contributed by atoms with Crippen LogP contribution in [0.4, 0.5) is 0 Å². The Balaban J connectivity index is 2.09. The fourth-order valence-corrected chi connectivity index (χ4v) is 3.36. The summed E-state index contributed by atoms with van der Waals surface area (Å²) in [6.45, 7) is 1.98. The van der Waals surface area contributed by atoms with Crippen molar-refractivity contribution in [3.8, 4) is 5.75 Å². The number of aliphatic hydroxyl groups excluding tert-OH is 1. The van der Waals surface area contributed by atoms with E-state index in [0.717, 1.165) is 18.6 Å². The lowest BCUT2D eigenvalue weighted by atomic mass is 9.77. The highest BCUT2D eigenvalue weighted by molar-refractivity contribution is 5.98. The van der Waals surface area contributed by atoms with Crippen LogP contribution in [0.5, 0.6) is 5.75 Å². The molecule has 1 aromatic carbocycles. The van der Waals surface area contributed by atoms with Gasteiger partial charge in [-0.25, -0.2) is 0 Å². The van der Waals surface area contributed by atoms with Gasteiger partial charge in [-0.2, -0.15) is 0 Å². The van der Waals surface area contributed by atoms with Crippen molar-refractivity contribution in [1.82, 2.24) is 0 Å². The van der Waals surface area contributed by atoms with E-state index in [-0.39, 0.29) is 17.6 Å². The first-order chi connectivity index (χ1) is 10.2. The minimum absolute atomic E-state index is 0.0539. The molecule has 21 heavy (non-hydrogen) atoms. The highest BCUT2D eigenvalue weighted by Gasteiger charge is 2.32. The molecular formula is C18H26O3. The second-order valence-electron chi connectivity index (χ2n) is 6.00. The molecule has 3 heteroatoms. The zero-order chi connectivity index (χ0) is 15.2. The van der Waals surface area contributed by atoms with Gasteiger partial charge in [0.05, 0.1) is 13.2 Å². The normalized spacial score (nSPS) is 19.0. The summed E-state index contributed by atoms with van der Waals surface area (Å²) in [5, 5.41) is 10.6. The van der Waals surface area contributed by atoms with Gasteiger partial charge in [-0.3, -0.25) is 4.79 Å². The molecule has 0 radical (unpaired) electrons. The molecule has 3 nitrogen and oxygen atoms in total. The third-order valence-corrected chi connectivity index (χ3v) is 4.70. The molecule has 116 valence electrons. The number of rotatable bonds is 6. The summed E-state index contributed by atoms with van der Waals surface area (Å²) >= 11 is 0. The summed E-state index contributed by atoms with van der Waals surface area (Å²) in [5.74, 6) is 0.790. The van der Waals surface area contributed by atoms with Gasteiger partial charge in [0.15, 0.2) is 5.78 Å². The molecule has 1 aliphatic rings. The fraction of sp³-hybridized carbons (Fsp3) is 0.611. The Labute approximate surface area is 127 Å². The molecule has 0 saturated heterocycles. The molecule has 0 heterocycles. The van der Waals surface area contributed by atoms with Crippen molar-refractivity contribution in [2.75, 3.05) is 7.11 Å². The number of hydrogen-bond acceptors (Lipinski definition) is 3. The van der Waals surface area contributed by atoms with Crippen LogP contribution < -0.4 is 4.74 Å². The van der Waals surface area contributed by atoms with Crippen LogP contribution in [0, 0.1) is 11.8 Å². The van der Waals surface area contributed by atoms with Crippen LogP contribution in [0.25, 0.3) is 0 Å². The van der Waals surface area contributed by atoms with E-state index in [2.05, 4.69) is 0 Å². The Bertz CT molecular complexity index is 446. The van der Waals surface area contributed by atoms with Crippen molar-refractivity contribution >= 4 is 5.78 Å². The van der Waals surface area contributed by atoms with Crippen LogP contribution in [0.2, 0.25) is 0 Å². The Kier molecular flexibility index (Phi) is 5.80. The van der Waals surface area contributed by atoms with E-state index in [4.69, 9.17) is 4.74 Å². The molecule has 2 rings (SSSR count). The first-order valence-corrected chi connectivity index (χ1v) is 8.03. The van der Waals surface area contributed by atoms with Crippen molar-refractivity contribution in [3.63, 3.8) is 0 Å². The van der Waals surface area contributed by atoms with Crippen LogP contribution in [-0.4, -0.2) is 24.1 Å². The molecule has 1 fully saturated rings. The van der Waals surface area contributed by atoms with Crippen molar-refractivity contribution < 1.29 is 14.6 Å². The van der Waals surface area contributed by atoms with E-state index < -0.39 is 6.10 Å². The number of ether oxygens (including phenoxy) is 1. The van der Waals surface area contributed by atoms with Crippen LogP contribution in [0.3, 0.4) is 0 Å². The molecule has 1 aliphatic carbocycles. The van der Waals surface area contributed by atoms with Gasteiger partial charge in [-0.05, 0) is 49.4 Å². The van der Waals surface area contributed by atoms with Crippen molar-refractivity contribution in [3.05, 3.63) is 29.8 Å². The van der Waals surface area contributed by atoms with Crippen molar-refractivity contribution in [1.29, 1.82) is 0 Å². The molecule has 0 spiro atoms. The SMILES string of the molecule is CC[C@@H](C(=O)c1ccc(OC)cc1)[C@H](O)C1CCCCC1. The quantitative estimate of drug-likeness (QED) is 0.810. The molecule has 0 amide bonds. The number of aliphatic hydroxyl groups is 1. The molecule has 0 aliphatic heterocycles. The lowest BCUT2D eigenvalue weighted by molar-refractivity contribution is 0.0299. The number of benzene rings is 1. The van der Waals surface area contributed by atoms with Crippen molar-refractivity contribution in [2.45, 2.75) is 51.6 Å². The molecular weight excluding hydrogens is 264 g/mol. The van der Waals surface area contributed by atoms with E-state index >= 15 is 0 Å². The standard InChI is InChI=1S/C18H26O3/c1-3-16(17(19)13-7-5-4-6-8-13)18(20)14-9-11-15(21-2)12-10-14/h9-13,16-17,19H,3-8H2,1-2H3/t16-,17-/m1/s1. The lowest BCUT2D eigenvalue weighted by Crippen LogP contribution is -2.35. The number of carbonyl (C=O) groups excluding carboxylic acids is 1. The summed E-state index contributed by atoms with van der Waals surface area (Å²) in [5.41, 5.74) is 0.664. The largest absolute Gasteiger partial charge is 0.497 e. The van der Waals surface area contributed by atoms with E-state index in [1.54, 1.807) is 31.4 Å². The van der Waals surface area contributed by atoms with Gasteiger partial charge >= 0.3 is 0 Å². The molecule has 1 N–H and O–H groups in total. The van der Waals surface area contributed by atoms with Gasteiger partial charge in [0.25, 0.3) is 0 Å². The molecule has 0 bridgehead atoms. The van der Waals surface area contributed by atoms with Crippen LogP contribution >= 0.6 is 0 Å². The van der Waals surface area contributed by atoms with Gasteiger partial charge in [0, 0.05) is 11.5 Å². The average Bonchev–Trinajstić information content (AvgIpc) is 2.56. The molecule has 0 unspecified atom stereocenters.